The number of phenols is 2. The van der Waals surface area contributed by atoms with Gasteiger partial charge in [0.2, 0.25) is 0 Å². The monoisotopic (exact) mass is 425 g/mol. The standard InChI is InChI=1S/C25H31NO5/c1-30-24-11-8-18(14-23(24)28)22-16-21(15-19-4-2-3-13-26(19)22)31-25(29)12-7-17-5-9-20(27)10-6-17/h5-6,8-11,14,19,21-22,27-28H,2-4,7,12-13,15-16H2,1H3/t19-,21-,22+/m1/s1. The van der Waals surface area contributed by atoms with E-state index in [0.717, 1.165) is 36.9 Å². The first-order valence-electron chi connectivity index (χ1n) is 11.1. The topological polar surface area (TPSA) is 79.2 Å². The molecule has 3 atom stereocenters. The number of hydrogen-bond donors (Lipinski definition) is 2. The molecule has 0 aromatic heterocycles. The molecule has 2 N–H and O–H groups in total. The van der Waals surface area contributed by atoms with E-state index < -0.39 is 0 Å². The molecule has 6 nitrogen and oxygen atoms in total. The van der Waals surface area contributed by atoms with Crippen LogP contribution in [0.15, 0.2) is 42.5 Å². The van der Waals surface area contributed by atoms with Gasteiger partial charge in [0, 0.05) is 31.3 Å². The van der Waals surface area contributed by atoms with E-state index in [0.29, 0.717) is 24.6 Å². The molecule has 2 aromatic rings. The van der Waals surface area contributed by atoms with Gasteiger partial charge >= 0.3 is 5.97 Å². The lowest BCUT2D eigenvalue weighted by Crippen LogP contribution is -2.49. The third-order valence-corrected chi connectivity index (χ3v) is 6.53. The Bertz CT molecular complexity index is 897. The van der Waals surface area contributed by atoms with Crippen molar-refractivity contribution in [2.45, 2.75) is 63.1 Å². The van der Waals surface area contributed by atoms with E-state index in [9.17, 15) is 15.0 Å². The molecule has 0 aliphatic carbocycles. The zero-order valence-electron chi connectivity index (χ0n) is 18.0. The maximum Gasteiger partial charge on any atom is 0.306 e. The highest BCUT2D eigenvalue weighted by Crippen LogP contribution is 2.41. The second-order valence-electron chi connectivity index (χ2n) is 8.58. The first kappa shape index (κ1) is 21.5. The van der Waals surface area contributed by atoms with Crippen molar-refractivity contribution in [3.8, 4) is 17.2 Å². The summed E-state index contributed by atoms with van der Waals surface area (Å²) in [4.78, 5) is 15.1. The first-order chi connectivity index (χ1) is 15.0. The summed E-state index contributed by atoms with van der Waals surface area (Å²) < 4.78 is 11.1. The highest BCUT2D eigenvalue weighted by molar-refractivity contribution is 5.70. The Morgan fingerprint density at radius 3 is 2.65 bits per heavy atom. The van der Waals surface area contributed by atoms with Crippen LogP contribution in [0.2, 0.25) is 0 Å². The summed E-state index contributed by atoms with van der Waals surface area (Å²) >= 11 is 0. The van der Waals surface area contributed by atoms with Gasteiger partial charge in [-0.05, 0) is 61.2 Å². The molecular formula is C25H31NO5. The molecule has 0 bridgehead atoms. The molecule has 2 aliphatic rings. The van der Waals surface area contributed by atoms with Crippen LogP contribution in [-0.4, -0.2) is 46.9 Å². The molecule has 31 heavy (non-hydrogen) atoms. The highest BCUT2D eigenvalue weighted by atomic mass is 16.5. The van der Waals surface area contributed by atoms with Crippen molar-refractivity contribution in [1.82, 2.24) is 4.90 Å². The maximum atomic E-state index is 12.6. The maximum absolute atomic E-state index is 12.6. The number of nitrogens with zero attached hydrogens (tertiary/aromatic N) is 1. The number of aryl methyl sites for hydroxylation is 1. The molecule has 2 saturated heterocycles. The first-order valence-corrected chi connectivity index (χ1v) is 11.1. The molecule has 2 heterocycles. The van der Waals surface area contributed by atoms with E-state index in [2.05, 4.69) is 4.90 Å². The van der Waals surface area contributed by atoms with Gasteiger partial charge in [0.15, 0.2) is 11.5 Å². The third-order valence-electron chi connectivity index (χ3n) is 6.53. The zero-order chi connectivity index (χ0) is 21.8. The van der Waals surface area contributed by atoms with Gasteiger partial charge in [-0.25, -0.2) is 0 Å². The van der Waals surface area contributed by atoms with E-state index in [-0.39, 0.29) is 29.6 Å². The highest BCUT2D eigenvalue weighted by Gasteiger charge is 2.39. The summed E-state index contributed by atoms with van der Waals surface area (Å²) in [5.41, 5.74) is 2.04. The average molecular weight is 426 g/mol. The lowest BCUT2D eigenvalue weighted by molar-refractivity contribution is -0.154. The largest absolute Gasteiger partial charge is 0.508 e. The molecule has 4 rings (SSSR count). The number of benzene rings is 2. The Kier molecular flexibility index (Phi) is 6.66. The summed E-state index contributed by atoms with van der Waals surface area (Å²) in [5, 5.41) is 19.7. The van der Waals surface area contributed by atoms with E-state index in [1.807, 2.05) is 18.2 Å². The fourth-order valence-corrected chi connectivity index (χ4v) is 4.96. The Balaban J connectivity index is 1.42. The van der Waals surface area contributed by atoms with Gasteiger partial charge in [-0.1, -0.05) is 24.6 Å². The van der Waals surface area contributed by atoms with Crippen LogP contribution in [0.3, 0.4) is 0 Å². The van der Waals surface area contributed by atoms with E-state index in [1.54, 1.807) is 31.4 Å². The average Bonchev–Trinajstić information content (AvgIpc) is 2.78. The van der Waals surface area contributed by atoms with Crippen LogP contribution in [0.1, 0.15) is 55.7 Å². The number of carbonyl (C=O) groups excluding carboxylic acids is 1. The van der Waals surface area contributed by atoms with Crippen molar-refractivity contribution in [2.24, 2.45) is 0 Å². The number of aromatic hydroxyl groups is 2. The van der Waals surface area contributed by atoms with E-state index in [4.69, 9.17) is 9.47 Å². The molecule has 2 fully saturated rings. The van der Waals surface area contributed by atoms with Crippen molar-refractivity contribution < 1.29 is 24.5 Å². The number of phenolic OH excluding ortho intramolecular Hbond substituents is 2. The minimum Gasteiger partial charge on any atom is -0.508 e. The molecule has 0 unspecified atom stereocenters. The fraction of sp³-hybridized carbons (Fsp3) is 0.480. The Hall–Kier alpha value is -2.73. The van der Waals surface area contributed by atoms with Gasteiger partial charge in [-0.2, -0.15) is 0 Å². The molecule has 0 radical (unpaired) electrons. The lowest BCUT2D eigenvalue weighted by Gasteiger charge is -2.47. The molecule has 0 saturated carbocycles. The normalized spacial score (nSPS) is 23.7. The Labute approximate surface area is 183 Å². The lowest BCUT2D eigenvalue weighted by atomic mass is 9.84. The van der Waals surface area contributed by atoms with Gasteiger partial charge in [0.05, 0.1) is 7.11 Å². The number of hydrogen-bond acceptors (Lipinski definition) is 6. The Morgan fingerprint density at radius 1 is 1.10 bits per heavy atom. The van der Waals surface area contributed by atoms with Gasteiger partial charge in [-0.15, -0.1) is 0 Å². The second-order valence-corrected chi connectivity index (χ2v) is 8.58. The third kappa shape index (κ3) is 5.13. The molecule has 2 aromatic carbocycles. The molecule has 2 aliphatic heterocycles. The number of fused-ring (bicyclic) bond motifs is 1. The smallest absolute Gasteiger partial charge is 0.306 e. The van der Waals surface area contributed by atoms with Crippen LogP contribution in [0, 0.1) is 0 Å². The number of carbonyl (C=O) groups is 1. The van der Waals surface area contributed by atoms with Crippen LogP contribution < -0.4 is 4.74 Å². The summed E-state index contributed by atoms with van der Waals surface area (Å²) in [5.74, 6) is 0.647. The number of rotatable bonds is 6. The molecular weight excluding hydrogens is 394 g/mol. The number of ether oxygens (including phenoxy) is 2. The van der Waals surface area contributed by atoms with E-state index in [1.165, 1.54) is 12.8 Å². The van der Waals surface area contributed by atoms with Crippen molar-refractivity contribution in [2.75, 3.05) is 13.7 Å². The van der Waals surface area contributed by atoms with Gasteiger partial charge in [0.25, 0.3) is 0 Å². The molecule has 0 amide bonds. The molecule has 0 spiro atoms. The van der Waals surface area contributed by atoms with E-state index >= 15 is 0 Å². The molecule has 6 heteroatoms. The van der Waals surface area contributed by atoms with Crippen LogP contribution in [0.5, 0.6) is 17.2 Å². The number of esters is 1. The minimum atomic E-state index is -0.182. The zero-order valence-corrected chi connectivity index (χ0v) is 18.0. The van der Waals surface area contributed by atoms with Gasteiger partial charge < -0.3 is 19.7 Å². The van der Waals surface area contributed by atoms with Crippen molar-refractivity contribution in [3.05, 3.63) is 53.6 Å². The summed E-state index contributed by atoms with van der Waals surface area (Å²) in [6, 6.07) is 13.0. The fourth-order valence-electron chi connectivity index (χ4n) is 4.96. The summed E-state index contributed by atoms with van der Waals surface area (Å²) in [7, 11) is 1.55. The van der Waals surface area contributed by atoms with Gasteiger partial charge in [-0.3, -0.25) is 9.69 Å². The van der Waals surface area contributed by atoms with Crippen molar-refractivity contribution >= 4 is 5.97 Å². The van der Waals surface area contributed by atoms with Crippen LogP contribution in [0.4, 0.5) is 0 Å². The Morgan fingerprint density at radius 2 is 1.90 bits per heavy atom. The van der Waals surface area contributed by atoms with Crippen molar-refractivity contribution in [1.29, 1.82) is 0 Å². The summed E-state index contributed by atoms with van der Waals surface area (Å²) in [6.07, 6.45) is 5.87. The van der Waals surface area contributed by atoms with Crippen LogP contribution in [0.25, 0.3) is 0 Å². The minimum absolute atomic E-state index is 0.116. The van der Waals surface area contributed by atoms with Gasteiger partial charge in [0.1, 0.15) is 11.9 Å². The molecule has 166 valence electrons. The van der Waals surface area contributed by atoms with Crippen LogP contribution >= 0.6 is 0 Å². The second kappa shape index (κ2) is 9.60. The van der Waals surface area contributed by atoms with Crippen LogP contribution in [-0.2, 0) is 16.0 Å². The number of piperidine rings is 2. The van der Waals surface area contributed by atoms with Crippen molar-refractivity contribution in [3.63, 3.8) is 0 Å². The quantitative estimate of drug-likeness (QED) is 0.671. The predicted molar refractivity (Wildman–Crippen MR) is 117 cm³/mol. The number of methoxy groups -OCH3 is 1. The predicted octanol–water partition coefficient (Wildman–Crippen LogP) is 4.34. The SMILES string of the molecule is COc1ccc([C@@H]2C[C@H](OC(=O)CCc3ccc(O)cc3)C[C@H]3CCCCN32)cc1O. The summed E-state index contributed by atoms with van der Waals surface area (Å²) in [6.45, 7) is 1.03.